The summed E-state index contributed by atoms with van der Waals surface area (Å²) >= 11 is 0. The van der Waals surface area contributed by atoms with Crippen LogP contribution in [-0.4, -0.2) is 40.9 Å². The minimum Gasteiger partial charge on any atom is -0.444 e. The maximum absolute atomic E-state index is 11.8. The minimum atomic E-state index is -0.478. The van der Waals surface area contributed by atoms with E-state index in [1.54, 1.807) is 4.90 Å². The molecule has 1 fully saturated rings. The molecule has 1 amide bonds. The van der Waals surface area contributed by atoms with Gasteiger partial charge in [-0.2, -0.15) is 0 Å². The number of β-amino-alcohol motifs (C(OH)–C–C–N with tert-alkyl or cyclic N) is 1. The number of piperidine rings is 1. The van der Waals surface area contributed by atoms with E-state index in [0.29, 0.717) is 13.1 Å². The van der Waals surface area contributed by atoms with E-state index in [9.17, 15) is 9.90 Å². The molecule has 4 heteroatoms. The van der Waals surface area contributed by atoms with Crippen LogP contribution in [-0.2, 0) is 4.74 Å². The van der Waals surface area contributed by atoms with Gasteiger partial charge < -0.3 is 14.7 Å². The Kier molecular flexibility index (Phi) is 3.53. The van der Waals surface area contributed by atoms with E-state index in [1.165, 1.54) is 0 Å². The second-order valence-electron chi connectivity index (χ2n) is 6.18. The molecule has 1 N–H and O–H groups in total. The molecule has 4 nitrogen and oxygen atoms in total. The van der Waals surface area contributed by atoms with Crippen LogP contribution in [0.2, 0.25) is 0 Å². The number of amides is 1. The number of likely N-dealkylation sites (tertiary alicyclic amines) is 1. The first-order valence-corrected chi connectivity index (χ1v) is 5.78. The van der Waals surface area contributed by atoms with Crippen LogP contribution in [0.15, 0.2) is 0 Å². The third kappa shape index (κ3) is 3.37. The number of rotatable bonds is 0. The Labute approximate surface area is 97.6 Å². The van der Waals surface area contributed by atoms with Crippen molar-refractivity contribution in [3.05, 3.63) is 0 Å². The lowest BCUT2D eigenvalue weighted by atomic mass is 9.80. The van der Waals surface area contributed by atoms with E-state index in [0.717, 1.165) is 6.42 Å². The zero-order valence-electron chi connectivity index (χ0n) is 10.9. The molecule has 0 aromatic carbocycles. The van der Waals surface area contributed by atoms with Crippen LogP contribution in [0.5, 0.6) is 0 Å². The Morgan fingerprint density at radius 1 is 1.44 bits per heavy atom. The van der Waals surface area contributed by atoms with Crippen molar-refractivity contribution in [1.82, 2.24) is 4.90 Å². The summed E-state index contributed by atoms with van der Waals surface area (Å²) in [6, 6.07) is 0. The van der Waals surface area contributed by atoms with Gasteiger partial charge in [-0.05, 0) is 32.6 Å². The standard InChI is InChI=1S/C12H23NO3/c1-11(2,3)16-10(15)13-7-6-12(4,5)9(14)8-13/h9,14H,6-8H2,1-5H3/t9-/m1/s1. The predicted octanol–water partition coefficient (Wildman–Crippen LogP) is 2.01. The number of hydrogen-bond acceptors (Lipinski definition) is 3. The Morgan fingerprint density at radius 2 is 2.00 bits per heavy atom. The second-order valence-corrected chi connectivity index (χ2v) is 6.18. The van der Waals surface area contributed by atoms with Crippen molar-refractivity contribution in [2.45, 2.75) is 52.7 Å². The first-order valence-electron chi connectivity index (χ1n) is 5.78. The topological polar surface area (TPSA) is 49.8 Å². The fourth-order valence-electron chi connectivity index (χ4n) is 1.63. The van der Waals surface area contributed by atoms with Crippen molar-refractivity contribution >= 4 is 6.09 Å². The van der Waals surface area contributed by atoms with E-state index < -0.39 is 11.7 Å². The minimum absolute atomic E-state index is 0.113. The first kappa shape index (κ1) is 13.3. The third-order valence-electron chi connectivity index (χ3n) is 2.97. The fourth-order valence-corrected chi connectivity index (χ4v) is 1.63. The zero-order chi connectivity index (χ0) is 12.6. The quantitative estimate of drug-likeness (QED) is 0.691. The van der Waals surface area contributed by atoms with Gasteiger partial charge in [-0.15, -0.1) is 0 Å². The molecule has 1 heterocycles. The number of carbonyl (C=O) groups excluding carboxylic acids is 1. The second kappa shape index (κ2) is 4.24. The monoisotopic (exact) mass is 229 g/mol. The van der Waals surface area contributed by atoms with Gasteiger partial charge in [0.15, 0.2) is 0 Å². The highest BCUT2D eigenvalue weighted by molar-refractivity contribution is 5.68. The molecule has 16 heavy (non-hydrogen) atoms. The van der Waals surface area contributed by atoms with Gasteiger partial charge in [-0.1, -0.05) is 13.8 Å². The molecule has 0 aliphatic carbocycles. The molecule has 1 rings (SSSR count). The number of nitrogens with zero attached hydrogens (tertiary/aromatic N) is 1. The van der Waals surface area contributed by atoms with Crippen LogP contribution < -0.4 is 0 Å². The highest BCUT2D eigenvalue weighted by atomic mass is 16.6. The molecule has 0 unspecified atom stereocenters. The van der Waals surface area contributed by atoms with Gasteiger partial charge >= 0.3 is 6.09 Å². The van der Waals surface area contributed by atoms with Gasteiger partial charge in [0.05, 0.1) is 12.6 Å². The molecule has 0 aromatic rings. The molecule has 1 aliphatic rings. The smallest absolute Gasteiger partial charge is 0.410 e. The summed E-state index contributed by atoms with van der Waals surface area (Å²) in [6.45, 7) is 10.6. The third-order valence-corrected chi connectivity index (χ3v) is 2.97. The van der Waals surface area contributed by atoms with Crippen molar-refractivity contribution in [3.63, 3.8) is 0 Å². The highest BCUT2D eigenvalue weighted by Crippen LogP contribution is 2.30. The summed E-state index contributed by atoms with van der Waals surface area (Å²) < 4.78 is 5.27. The predicted molar refractivity (Wildman–Crippen MR) is 62.2 cm³/mol. The Hall–Kier alpha value is -0.770. The molecular formula is C12H23NO3. The molecule has 1 atom stereocenters. The molecule has 0 saturated carbocycles. The van der Waals surface area contributed by atoms with E-state index in [2.05, 4.69) is 0 Å². The molecule has 1 saturated heterocycles. The van der Waals surface area contributed by atoms with Crippen molar-refractivity contribution < 1.29 is 14.6 Å². The van der Waals surface area contributed by atoms with E-state index in [4.69, 9.17) is 4.74 Å². The SMILES string of the molecule is CC(C)(C)OC(=O)N1CCC(C)(C)[C@H](O)C1. The van der Waals surface area contributed by atoms with Crippen molar-refractivity contribution in [2.75, 3.05) is 13.1 Å². The molecule has 0 radical (unpaired) electrons. The van der Waals surface area contributed by atoms with Crippen LogP contribution in [0.4, 0.5) is 4.79 Å². The normalized spacial score (nSPS) is 25.4. The largest absolute Gasteiger partial charge is 0.444 e. The number of aliphatic hydroxyl groups is 1. The summed E-state index contributed by atoms with van der Waals surface area (Å²) in [4.78, 5) is 13.3. The Balaban J connectivity index is 2.55. The van der Waals surface area contributed by atoms with Gasteiger partial charge in [0.1, 0.15) is 5.60 Å². The molecule has 1 aliphatic heterocycles. The number of carbonyl (C=O) groups is 1. The molecule has 94 valence electrons. The van der Waals surface area contributed by atoms with E-state index >= 15 is 0 Å². The molecule has 0 spiro atoms. The average Bonchev–Trinajstić information content (AvgIpc) is 2.06. The maximum Gasteiger partial charge on any atom is 0.410 e. The molecule has 0 aromatic heterocycles. The number of hydrogen-bond donors (Lipinski definition) is 1. The van der Waals surface area contributed by atoms with Crippen molar-refractivity contribution in [1.29, 1.82) is 0 Å². The average molecular weight is 229 g/mol. The van der Waals surface area contributed by atoms with Crippen LogP contribution in [0.3, 0.4) is 0 Å². The summed E-state index contributed by atoms with van der Waals surface area (Å²) in [5.41, 5.74) is -0.590. The Bertz CT molecular complexity index is 268. The number of aliphatic hydroxyl groups excluding tert-OH is 1. The molecule has 0 bridgehead atoms. The zero-order valence-corrected chi connectivity index (χ0v) is 10.9. The van der Waals surface area contributed by atoms with E-state index in [-0.39, 0.29) is 11.5 Å². The summed E-state index contributed by atoms with van der Waals surface area (Å²) in [5, 5.41) is 9.91. The lowest BCUT2D eigenvalue weighted by Gasteiger charge is -2.41. The summed E-state index contributed by atoms with van der Waals surface area (Å²) in [5.74, 6) is 0. The van der Waals surface area contributed by atoms with Crippen LogP contribution >= 0.6 is 0 Å². The highest BCUT2D eigenvalue weighted by Gasteiger charge is 2.37. The van der Waals surface area contributed by atoms with Gasteiger partial charge in [0.25, 0.3) is 0 Å². The Morgan fingerprint density at radius 3 is 2.44 bits per heavy atom. The lowest BCUT2D eigenvalue weighted by Crippen LogP contribution is -2.51. The maximum atomic E-state index is 11.8. The lowest BCUT2D eigenvalue weighted by molar-refractivity contribution is -0.0388. The van der Waals surface area contributed by atoms with Crippen molar-refractivity contribution in [2.24, 2.45) is 5.41 Å². The van der Waals surface area contributed by atoms with Crippen LogP contribution in [0.1, 0.15) is 41.0 Å². The van der Waals surface area contributed by atoms with Gasteiger partial charge in [-0.3, -0.25) is 0 Å². The van der Waals surface area contributed by atoms with Gasteiger partial charge in [0, 0.05) is 6.54 Å². The fraction of sp³-hybridized carbons (Fsp3) is 0.917. The van der Waals surface area contributed by atoms with Gasteiger partial charge in [-0.25, -0.2) is 4.79 Å². The summed E-state index contributed by atoms with van der Waals surface area (Å²) in [6.07, 6.45) is -0.0104. The van der Waals surface area contributed by atoms with Crippen molar-refractivity contribution in [3.8, 4) is 0 Å². The van der Waals surface area contributed by atoms with E-state index in [1.807, 2.05) is 34.6 Å². The van der Waals surface area contributed by atoms with Crippen LogP contribution in [0.25, 0.3) is 0 Å². The number of ether oxygens (including phenoxy) is 1. The summed E-state index contributed by atoms with van der Waals surface area (Å²) in [7, 11) is 0. The van der Waals surface area contributed by atoms with Gasteiger partial charge in [0.2, 0.25) is 0 Å². The van der Waals surface area contributed by atoms with Crippen LogP contribution in [0, 0.1) is 5.41 Å². The first-order chi connectivity index (χ1) is 7.12. The molecular weight excluding hydrogens is 206 g/mol.